The zero-order chi connectivity index (χ0) is 20.8. The third-order valence-corrected chi connectivity index (χ3v) is 5.62. The van der Waals surface area contributed by atoms with Gasteiger partial charge in [0.25, 0.3) is 5.71 Å². The summed E-state index contributed by atoms with van der Waals surface area (Å²) in [4.78, 5) is 15.5. The van der Waals surface area contributed by atoms with Gasteiger partial charge in [-0.2, -0.15) is 4.98 Å². The van der Waals surface area contributed by atoms with Gasteiger partial charge < -0.3 is 23.5 Å². The second kappa shape index (κ2) is 7.24. The molecule has 0 N–H and O–H groups in total. The Kier molecular flexibility index (Phi) is 4.24. The molecule has 0 amide bonds. The average Bonchev–Trinajstić information content (AvgIpc) is 3.44. The highest BCUT2D eigenvalue weighted by molar-refractivity contribution is 5.81. The summed E-state index contributed by atoms with van der Waals surface area (Å²) in [5.41, 5.74) is 3.29. The van der Waals surface area contributed by atoms with Crippen LogP contribution in [0.4, 0.5) is 5.82 Å². The zero-order valence-electron chi connectivity index (χ0n) is 16.9. The minimum Gasteiger partial charge on any atom is -0.454 e. The second-order valence-corrected chi connectivity index (χ2v) is 7.63. The maximum absolute atomic E-state index is 6.56. The molecule has 4 heterocycles. The summed E-state index contributed by atoms with van der Waals surface area (Å²) >= 11 is 0. The van der Waals surface area contributed by atoms with Crippen molar-refractivity contribution in [3.05, 3.63) is 71.9 Å². The molecule has 2 aromatic heterocycles. The Bertz CT molecular complexity index is 1240. The van der Waals surface area contributed by atoms with Crippen molar-refractivity contribution in [1.29, 1.82) is 0 Å². The van der Waals surface area contributed by atoms with Gasteiger partial charge in [-0.15, -0.1) is 0 Å². The topological polar surface area (TPSA) is 82.7 Å². The average molecular weight is 416 g/mol. The van der Waals surface area contributed by atoms with Gasteiger partial charge in [-0.3, -0.25) is 0 Å². The molecule has 156 valence electrons. The van der Waals surface area contributed by atoms with Crippen LogP contribution in [0.1, 0.15) is 29.2 Å². The molecule has 8 heteroatoms. The molecule has 2 aliphatic rings. The molecule has 4 aromatic rings. The molecule has 1 fully saturated rings. The third kappa shape index (κ3) is 3.25. The van der Waals surface area contributed by atoms with E-state index in [0.29, 0.717) is 30.2 Å². The van der Waals surface area contributed by atoms with Crippen LogP contribution in [0.2, 0.25) is 0 Å². The summed E-state index contributed by atoms with van der Waals surface area (Å²) in [6, 6.07) is 16.2. The van der Waals surface area contributed by atoms with Crippen molar-refractivity contribution in [3.63, 3.8) is 0 Å². The predicted octanol–water partition coefficient (Wildman–Crippen LogP) is 3.97. The van der Waals surface area contributed by atoms with E-state index in [4.69, 9.17) is 18.6 Å². The second-order valence-electron chi connectivity index (χ2n) is 7.63. The first-order valence-electron chi connectivity index (χ1n) is 10.2. The van der Waals surface area contributed by atoms with E-state index < -0.39 is 0 Å². The van der Waals surface area contributed by atoms with Gasteiger partial charge in [0.15, 0.2) is 28.7 Å². The van der Waals surface area contributed by atoms with Gasteiger partial charge in [0.1, 0.15) is 18.5 Å². The van der Waals surface area contributed by atoms with Crippen molar-refractivity contribution >= 4 is 17.0 Å². The molecule has 0 radical (unpaired) electrons. The van der Waals surface area contributed by atoms with Crippen molar-refractivity contribution in [3.8, 4) is 11.5 Å². The largest absolute Gasteiger partial charge is 0.454 e. The fourth-order valence-electron chi connectivity index (χ4n) is 4.16. The summed E-state index contributed by atoms with van der Waals surface area (Å²) in [6.07, 6.45) is 1.19. The summed E-state index contributed by atoms with van der Waals surface area (Å²) in [6.45, 7) is 3.31. The SMILES string of the molecule is Cc1nc2c(N3C[C@@H](c4ccccc4)O[C@@H](c4ccc5c(c4)OCO5)C3)ncnc2o1. The first-order chi connectivity index (χ1) is 15.2. The van der Waals surface area contributed by atoms with Gasteiger partial charge in [-0.1, -0.05) is 36.4 Å². The highest BCUT2D eigenvalue weighted by Gasteiger charge is 2.33. The number of aryl methyl sites for hydroxylation is 1. The number of morpholine rings is 1. The minimum absolute atomic E-state index is 0.136. The van der Waals surface area contributed by atoms with Crippen LogP contribution in [-0.2, 0) is 4.74 Å². The van der Waals surface area contributed by atoms with Crippen LogP contribution in [0, 0.1) is 6.92 Å². The first-order valence-corrected chi connectivity index (χ1v) is 10.2. The number of oxazole rings is 1. The molecule has 2 atom stereocenters. The zero-order valence-corrected chi connectivity index (χ0v) is 16.9. The molecule has 6 rings (SSSR count). The van der Waals surface area contributed by atoms with Crippen LogP contribution < -0.4 is 14.4 Å². The number of rotatable bonds is 3. The number of benzene rings is 2. The Balaban J connectivity index is 1.41. The number of nitrogens with zero attached hydrogens (tertiary/aromatic N) is 4. The lowest BCUT2D eigenvalue weighted by Crippen LogP contribution is -2.40. The van der Waals surface area contributed by atoms with Crippen LogP contribution in [0.5, 0.6) is 11.5 Å². The number of anilines is 1. The summed E-state index contributed by atoms with van der Waals surface area (Å²) < 4.78 is 23.2. The van der Waals surface area contributed by atoms with Crippen LogP contribution in [0.25, 0.3) is 11.2 Å². The molecule has 2 aromatic carbocycles. The molecule has 1 saturated heterocycles. The van der Waals surface area contributed by atoms with Crippen molar-refractivity contribution in [1.82, 2.24) is 15.0 Å². The first kappa shape index (κ1) is 18.1. The lowest BCUT2D eigenvalue weighted by Gasteiger charge is -2.39. The molecule has 31 heavy (non-hydrogen) atoms. The number of hydrogen-bond donors (Lipinski definition) is 0. The van der Waals surface area contributed by atoms with Crippen molar-refractivity contribution in [2.45, 2.75) is 19.1 Å². The lowest BCUT2D eigenvalue weighted by molar-refractivity contribution is -0.0295. The smallest absolute Gasteiger partial charge is 0.252 e. The highest BCUT2D eigenvalue weighted by atomic mass is 16.7. The van der Waals surface area contributed by atoms with Crippen molar-refractivity contribution in [2.24, 2.45) is 0 Å². The Morgan fingerprint density at radius 3 is 2.58 bits per heavy atom. The Morgan fingerprint density at radius 2 is 1.71 bits per heavy atom. The quantitative estimate of drug-likeness (QED) is 0.496. The van der Waals surface area contributed by atoms with E-state index in [0.717, 1.165) is 28.4 Å². The molecule has 2 aliphatic heterocycles. The van der Waals surface area contributed by atoms with Crippen LogP contribution >= 0.6 is 0 Å². The number of aromatic nitrogens is 3. The van der Waals surface area contributed by atoms with Crippen LogP contribution in [-0.4, -0.2) is 34.8 Å². The van der Waals surface area contributed by atoms with E-state index in [1.54, 1.807) is 0 Å². The molecule has 0 aliphatic carbocycles. The molecule has 8 nitrogen and oxygen atoms in total. The van der Waals surface area contributed by atoms with Crippen LogP contribution in [0.3, 0.4) is 0 Å². The number of fused-ring (bicyclic) bond motifs is 2. The van der Waals surface area contributed by atoms with Crippen LogP contribution in [0.15, 0.2) is 59.3 Å². The Labute approximate surface area is 178 Å². The lowest BCUT2D eigenvalue weighted by atomic mass is 10.0. The molecule has 0 saturated carbocycles. The fourth-order valence-corrected chi connectivity index (χ4v) is 4.16. The molecule has 0 unspecified atom stereocenters. The maximum Gasteiger partial charge on any atom is 0.252 e. The monoisotopic (exact) mass is 416 g/mol. The summed E-state index contributed by atoms with van der Waals surface area (Å²) in [7, 11) is 0. The minimum atomic E-state index is -0.188. The maximum atomic E-state index is 6.56. The van der Waals surface area contributed by atoms with E-state index in [-0.39, 0.29) is 19.0 Å². The Morgan fingerprint density at radius 1 is 0.903 bits per heavy atom. The molecule has 0 bridgehead atoms. The van der Waals surface area contributed by atoms with Gasteiger partial charge in [0.05, 0.1) is 6.54 Å². The van der Waals surface area contributed by atoms with E-state index in [1.165, 1.54) is 6.33 Å². The van der Waals surface area contributed by atoms with E-state index >= 15 is 0 Å². The van der Waals surface area contributed by atoms with E-state index in [9.17, 15) is 0 Å². The standard InChI is InChI=1S/C23H20N4O4/c1-14-26-21-22(24-12-25-23(21)30-14)27-10-19(15-5-3-2-4-6-15)31-20(11-27)16-7-8-17-18(9-16)29-13-28-17/h2-9,12,19-20H,10-11,13H2,1H3/t19-,20+/m0/s1. The van der Waals surface area contributed by atoms with Gasteiger partial charge in [-0.25, -0.2) is 9.97 Å². The van der Waals surface area contributed by atoms with Gasteiger partial charge >= 0.3 is 0 Å². The van der Waals surface area contributed by atoms with Crippen molar-refractivity contribution < 1.29 is 18.6 Å². The summed E-state index contributed by atoms with van der Waals surface area (Å²) in [5, 5.41) is 0. The molecular formula is C23H20N4O4. The summed E-state index contributed by atoms with van der Waals surface area (Å²) in [5.74, 6) is 2.81. The Hall–Kier alpha value is -3.65. The van der Waals surface area contributed by atoms with Gasteiger partial charge in [0.2, 0.25) is 6.79 Å². The normalized spacial score (nSPS) is 20.4. The molecule has 0 spiro atoms. The third-order valence-electron chi connectivity index (χ3n) is 5.62. The number of hydrogen-bond acceptors (Lipinski definition) is 8. The van der Waals surface area contributed by atoms with Gasteiger partial charge in [-0.05, 0) is 23.3 Å². The van der Waals surface area contributed by atoms with Crippen molar-refractivity contribution in [2.75, 3.05) is 24.8 Å². The highest BCUT2D eigenvalue weighted by Crippen LogP contribution is 2.40. The van der Waals surface area contributed by atoms with E-state index in [2.05, 4.69) is 32.0 Å². The van der Waals surface area contributed by atoms with E-state index in [1.807, 2.05) is 43.3 Å². The predicted molar refractivity (Wildman–Crippen MR) is 112 cm³/mol. The number of ether oxygens (including phenoxy) is 3. The van der Waals surface area contributed by atoms with Gasteiger partial charge in [0, 0.05) is 13.5 Å². The fraction of sp³-hybridized carbons (Fsp3) is 0.261. The molecular weight excluding hydrogens is 396 g/mol.